The Kier molecular flexibility index (Phi) is 5.80. The monoisotopic (exact) mass is 284 g/mol. The smallest absolute Gasteiger partial charge is 0.0166 e. The first-order chi connectivity index (χ1) is 9.74. The molecule has 0 atom stereocenters. The van der Waals surface area contributed by atoms with Gasteiger partial charge in [0, 0.05) is 0 Å². The Morgan fingerprint density at radius 2 is 1.25 bits per heavy atom. The van der Waals surface area contributed by atoms with Gasteiger partial charge >= 0.3 is 0 Å². The number of benzene rings is 2. The lowest BCUT2D eigenvalue weighted by Gasteiger charge is -2.22. The van der Waals surface area contributed by atoms with E-state index in [1.165, 1.54) is 36.6 Å². The maximum atomic E-state index is 2.33. The van der Waals surface area contributed by atoms with Crippen LogP contribution in [0.2, 0.25) is 0 Å². The van der Waals surface area contributed by atoms with E-state index >= 15 is 0 Å². The third-order valence-corrected chi connectivity index (χ3v) is 6.73. The van der Waals surface area contributed by atoms with Crippen LogP contribution in [0.4, 0.5) is 0 Å². The van der Waals surface area contributed by atoms with Gasteiger partial charge in [0.25, 0.3) is 0 Å². The highest BCUT2D eigenvalue weighted by Gasteiger charge is 2.16. The second kappa shape index (κ2) is 7.60. The lowest BCUT2D eigenvalue weighted by molar-refractivity contribution is 0.777. The van der Waals surface area contributed by atoms with E-state index in [0.29, 0.717) is 0 Å². The van der Waals surface area contributed by atoms with Gasteiger partial charge in [-0.25, -0.2) is 0 Å². The van der Waals surface area contributed by atoms with Crippen molar-refractivity contribution in [1.82, 2.24) is 0 Å². The van der Waals surface area contributed by atoms with Crippen LogP contribution in [-0.2, 0) is 0 Å². The standard InChI is InChI=1S/C19H25P/c1-4-5-10-15-20(18-13-8-6-11-16(18)2)19-14-9-7-12-17(19)3/h6-9,11-14H,4-5,10,15H2,1-3H3. The first kappa shape index (κ1) is 15.3. The fraction of sp³-hybridized carbons (Fsp3) is 0.368. The molecule has 0 aliphatic heterocycles. The Morgan fingerprint density at radius 1 is 0.750 bits per heavy atom. The molecule has 0 spiro atoms. The molecule has 0 N–H and O–H groups in total. The zero-order chi connectivity index (χ0) is 14.4. The fourth-order valence-corrected chi connectivity index (χ4v) is 5.44. The molecule has 0 nitrogen and oxygen atoms in total. The quantitative estimate of drug-likeness (QED) is 0.521. The van der Waals surface area contributed by atoms with E-state index in [9.17, 15) is 0 Å². The molecule has 0 radical (unpaired) electrons. The third-order valence-electron chi connectivity index (χ3n) is 3.80. The average Bonchev–Trinajstić information content (AvgIpc) is 2.46. The summed E-state index contributed by atoms with van der Waals surface area (Å²) in [5.74, 6) is 0. The molecule has 2 aromatic rings. The normalized spacial score (nSPS) is 11.0. The molecule has 0 aromatic heterocycles. The summed E-state index contributed by atoms with van der Waals surface area (Å²) in [7, 11) is -0.204. The molecule has 0 bridgehead atoms. The Morgan fingerprint density at radius 3 is 1.70 bits per heavy atom. The molecule has 0 saturated carbocycles. The topological polar surface area (TPSA) is 0 Å². The van der Waals surface area contributed by atoms with Gasteiger partial charge in [-0.3, -0.25) is 0 Å². The number of rotatable bonds is 6. The molecule has 2 aromatic carbocycles. The molecule has 0 aliphatic carbocycles. The lowest BCUT2D eigenvalue weighted by atomic mass is 10.2. The molecule has 0 amide bonds. The Balaban J connectivity index is 2.35. The summed E-state index contributed by atoms with van der Waals surface area (Å²) in [6, 6.07) is 17.8. The largest absolute Gasteiger partial charge is 0.0654 e. The third kappa shape index (κ3) is 3.70. The number of aryl methyl sites for hydroxylation is 2. The summed E-state index contributed by atoms with van der Waals surface area (Å²) in [6.45, 7) is 6.79. The van der Waals surface area contributed by atoms with E-state index in [-0.39, 0.29) is 7.92 Å². The maximum absolute atomic E-state index is 2.33. The molecular formula is C19H25P. The van der Waals surface area contributed by atoms with Gasteiger partial charge in [-0.15, -0.1) is 0 Å². The lowest BCUT2D eigenvalue weighted by Crippen LogP contribution is -2.18. The van der Waals surface area contributed by atoms with Crippen LogP contribution in [0.1, 0.15) is 37.3 Å². The molecular weight excluding hydrogens is 259 g/mol. The summed E-state index contributed by atoms with van der Waals surface area (Å²) in [4.78, 5) is 0. The van der Waals surface area contributed by atoms with Crippen molar-refractivity contribution >= 4 is 18.5 Å². The van der Waals surface area contributed by atoms with Crippen LogP contribution < -0.4 is 10.6 Å². The van der Waals surface area contributed by atoms with Gasteiger partial charge in [0.1, 0.15) is 0 Å². The van der Waals surface area contributed by atoms with Crippen LogP contribution in [0, 0.1) is 13.8 Å². The van der Waals surface area contributed by atoms with Crippen molar-refractivity contribution in [2.24, 2.45) is 0 Å². The summed E-state index contributed by atoms with van der Waals surface area (Å²) < 4.78 is 0. The van der Waals surface area contributed by atoms with Gasteiger partial charge in [-0.2, -0.15) is 0 Å². The molecule has 0 heterocycles. The summed E-state index contributed by atoms with van der Waals surface area (Å²) >= 11 is 0. The number of hydrogen-bond donors (Lipinski definition) is 0. The van der Waals surface area contributed by atoms with Crippen LogP contribution in [0.25, 0.3) is 0 Å². The van der Waals surface area contributed by atoms with E-state index in [1.807, 2.05) is 0 Å². The SMILES string of the molecule is CCCCCP(c1ccccc1C)c1ccccc1C. The van der Waals surface area contributed by atoms with E-state index in [0.717, 1.165) is 0 Å². The minimum Gasteiger partial charge on any atom is -0.0654 e. The van der Waals surface area contributed by atoms with E-state index in [4.69, 9.17) is 0 Å². The zero-order valence-electron chi connectivity index (χ0n) is 12.9. The molecule has 0 fully saturated rings. The van der Waals surface area contributed by atoms with Crippen LogP contribution in [-0.4, -0.2) is 6.16 Å². The second-order valence-electron chi connectivity index (χ2n) is 5.43. The van der Waals surface area contributed by atoms with Crippen LogP contribution >= 0.6 is 7.92 Å². The minimum atomic E-state index is -0.204. The van der Waals surface area contributed by atoms with E-state index in [2.05, 4.69) is 69.3 Å². The van der Waals surface area contributed by atoms with Gasteiger partial charge in [-0.1, -0.05) is 68.3 Å². The van der Waals surface area contributed by atoms with Crippen molar-refractivity contribution in [3.05, 3.63) is 59.7 Å². The van der Waals surface area contributed by atoms with Gasteiger partial charge < -0.3 is 0 Å². The van der Waals surface area contributed by atoms with Gasteiger partial charge in [0.15, 0.2) is 0 Å². The minimum absolute atomic E-state index is 0.204. The van der Waals surface area contributed by atoms with E-state index in [1.54, 1.807) is 10.6 Å². The highest BCUT2D eigenvalue weighted by atomic mass is 31.1. The predicted molar refractivity (Wildman–Crippen MR) is 92.9 cm³/mol. The van der Waals surface area contributed by atoms with Crippen molar-refractivity contribution in [2.75, 3.05) is 6.16 Å². The summed E-state index contributed by atoms with van der Waals surface area (Å²) in [6.07, 6.45) is 5.30. The zero-order valence-corrected chi connectivity index (χ0v) is 13.8. The van der Waals surface area contributed by atoms with Crippen molar-refractivity contribution in [1.29, 1.82) is 0 Å². The fourth-order valence-electron chi connectivity index (χ4n) is 2.62. The van der Waals surface area contributed by atoms with Crippen molar-refractivity contribution in [3.8, 4) is 0 Å². The molecule has 20 heavy (non-hydrogen) atoms. The van der Waals surface area contributed by atoms with E-state index < -0.39 is 0 Å². The molecule has 106 valence electrons. The van der Waals surface area contributed by atoms with Crippen molar-refractivity contribution in [3.63, 3.8) is 0 Å². The first-order valence-corrected chi connectivity index (χ1v) is 9.15. The first-order valence-electron chi connectivity index (χ1n) is 7.63. The maximum Gasteiger partial charge on any atom is -0.0166 e. The molecule has 0 saturated heterocycles. The molecule has 0 aliphatic rings. The van der Waals surface area contributed by atoms with Gasteiger partial charge in [-0.05, 0) is 56.1 Å². The van der Waals surface area contributed by atoms with Crippen molar-refractivity contribution < 1.29 is 0 Å². The van der Waals surface area contributed by atoms with Crippen LogP contribution in [0.3, 0.4) is 0 Å². The number of unbranched alkanes of at least 4 members (excludes halogenated alkanes) is 2. The van der Waals surface area contributed by atoms with Gasteiger partial charge in [0.05, 0.1) is 0 Å². The van der Waals surface area contributed by atoms with Crippen LogP contribution in [0.5, 0.6) is 0 Å². The summed E-state index contributed by atoms with van der Waals surface area (Å²) in [5.41, 5.74) is 2.89. The Labute approximate surface area is 125 Å². The summed E-state index contributed by atoms with van der Waals surface area (Å²) in [5, 5.41) is 3.13. The van der Waals surface area contributed by atoms with Crippen LogP contribution in [0.15, 0.2) is 48.5 Å². The molecule has 2 rings (SSSR count). The molecule has 0 unspecified atom stereocenters. The molecule has 1 heteroatoms. The second-order valence-corrected chi connectivity index (χ2v) is 7.70. The Bertz CT molecular complexity index is 499. The van der Waals surface area contributed by atoms with Gasteiger partial charge in [0.2, 0.25) is 0 Å². The van der Waals surface area contributed by atoms with Crippen molar-refractivity contribution in [2.45, 2.75) is 40.0 Å². The average molecular weight is 284 g/mol. The Hall–Kier alpha value is -1.13. The highest BCUT2D eigenvalue weighted by molar-refractivity contribution is 7.73. The number of hydrogen-bond acceptors (Lipinski definition) is 0. The highest BCUT2D eigenvalue weighted by Crippen LogP contribution is 2.37. The predicted octanol–water partition coefficient (Wildman–Crippen LogP) is 4.93.